The summed E-state index contributed by atoms with van der Waals surface area (Å²) in [6.07, 6.45) is 1.92. The van der Waals surface area contributed by atoms with Crippen LogP contribution in [0.3, 0.4) is 0 Å². The van der Waals surface area contributed by atoms with E-state index in [1.54, 1.807) is 24.4 Å². The highest BCUT2D eigenvalue weighted by atomic mass is 35.5. The summed E-state index contributed by atoms with van der Waals surface area (Å²) < 4.78 is 0. The van der Waals surface area contributed by atoms with Crippen LogP contribution in [0.5, 0.6) is 0 Å². The van der Waals surface area contributed by atoms with Crippen LogP contribution >= 0.6 is 34.5 Å². The number of carbonyl (C=O) groups excluding carboxylic acids is 1. The molecule has 18 heavy (non-hydrogen) atoms. The molecule has 6 heteroatoms. The predicted octanol–water partition coefficient (Wildman–Crippen LogP) is 3.94. The first-order valence-corrected chi connectivity index (χ1v) is 6.78. The zero-order chi connectivity index (χ0) is 13.1. The Kier molecular flexibility index (Phi) is 4.22. The lowest BCUT2D eigenvalue weighted by Crippen LogP contribution is -2.14. The zero-order valence-electron chi connectivity index (χ0n) is 9.54. The molecule has 0 spiro atoms. The van der Waals surface area contributed by atoms with E-state index in [1.165, 1.54) is 11.3 Å². The molecule has 1 aromatic carbocycles. The van der Waals surface area contributed by atoms with Gasteiger partial charge in [-0.2, -0.15) is 0 Å². The van der Waals surface area contributed by atoms with Crippen molar-refractivity contribution in [1.82, 2.24) is 4.98 Å². The van der Waals surface area contributed by atoms with Gasteiger partial charge in [-0.3, -0.25) is 4.79 Å². The standard InChI is InChI=1S/C12H10Cl2N2OS/c1-7-6-15-12(18-7)16-11(17)4-8-2-3-9(13)5-10(8)14/h2-3,5-6H,4H2,1H3,(H,15,16,17). The van der Waals surface area contributed by atoms with Crippen LogP contribution in [0.2, 0.25) is 10.0 Å². The lowest BCUT2D eigenvalue weighted by molar-refractivity contribution is -0.115. The normalized spacial score (nSPS) is 10.4. The van der Waals surface area contributed by atoms with Crippen LogP contribution in [0.25, 0.3) is 0 Å². The number of amides is 1. The fourth-order valence-corrected chi connectivity index (χ4v) is 2.57. The van der Waals surface area contributed by atoms with Gasteiger partial charge in [-0.05, 0) is 24.6 Å². The molecule has 1 N–H and O–H groups in total. The Hall–Kier alpha value is -1.10. The van der Waals surface area contributed by atoms with Crippen molar-refractivity contribution in [1.29, 1.82) is 0 Å². The number of rotatable bonds is 3. The molecular weight excluding hydrogens is 291 g/mol. The second kappa shape index (κ2) is 5.69. The Morgan fingerprint density at radius 2 is 2.22 bits per heavy atom. The minimum Gasteiger partial charge on any atom is -0.302 e. The van der Waals surface area contributed by atoms with E-state index in [9.17, 15) is 4.79 Å². The molecule has 1 aromatic heterocycles. The van der Waals surface area contributed by atoms with Crippen molar-refractivity contribution < 1.29 is 4.79 Å². The Balaban J connectivity index is 2.03. The van der Waals surface area contributed by atoms with Crippen LogP contribution in [0.1, 0.15) is 10.4 Å². The highest BCUT2D eigenvalue weighted by Crippen LogP contribution is 2.22. The summed E-state index contributed by atoms with van der Waals surface area (Å²) in [6, 6.07) is 5.08. The van der Waals surface area contributed by atoms with Gasteiger partial charge >= 0.3 is 0 Å². The maximum atomic E-state index is 11.8. The molecule has 0 aliphatic heterocycles. The summed E-state index contributed by atoms with van der Waals surface area (Å²) in [5.74, 6) is -0.145. The van der Waals surface area contributed by atoms with Crippen LogP contribution in [0.15, 0.2) is 24.4 Å². The van der Waals surface area contributed by atoms with E-state index >= 15 is 0 Å². The molecule has 0 atom stereocenters. The molecule has 0 radical (unpaired) electrons. The quantitative estimate of drug-likeness (QED) is 0.933. The Bertz CT molecular complexity index is 583. The minimum atomic E-state index is -0.145. The van der Waals surface area contributed by atoms with E-state index in [-0.39, 0.29) is 12.3 Å². The van der Waals surface area contributed by atoms with Gasteiger partial charge in [-0.15, -0.1) is 11.3 Å². The third-order valence-electron chi connectivity index (χ3n) is 2.23. The average molecular weight is 301 g/mol. The lowest BCUT2D eigenvalue weighted by atomic mass is 10.1. The number of hydrogen-bond acceptors (Lipinski definition) is 3. The molecule has 0 aliphatic rings. The molecule has 0 fully saturated rings. The smallest absolute Gasteiger partial charge is 0.230 e. The van der Waals surface area contributed by atoms with Gasteiger partial charge in [0.25, 0.3) is 0 Å². The summed E-state index contributed by atoms with van der Waals surface area (Å²) in [7, 11) is 0. The Labute approximate surface area is 119 Å². The number of aromatic nitrogens is 1. The SMILES string of the molecule is Cc1cnc(NC(=O)Cc2ccc(Cl)cc2Cl)s1. The molecule has 0 aliphatic carbocycles. The number of carbonyl (C=O) groups is 1. The number of benzene rings is 1. The summed E-state index contributed by atoms with van der Waals surface area (Å²) in [5.41, 5.74) is 0.742. The molecule has 1 amide bonds. The first-order chi connectivity index (χ1) is 8.54. The Morgan fingerprint density at radius 3 is 2.83 bits per heavy atom. The van der Waals surface area contributed by atoms with Gasteiger partial charge < -0.3 is 5.32 Å². The monoisotopic (exact) mass is 300 g/mol. The highest BCUT2D eigenvalue weighted by molar-refractivity contribution is 7.15. The van der Waals surface area contributed by atoms with Gasteiger partial charge in [0.15, 0.2) is 5.13 Å². The lowest BCUT2D eigenvalue weighted by Gasteiger charge is -2.04. The maximum absolute atomic E-state index is 11.8. The summed E-state index contributed by atoms with van der Waals surface area (Å²) in [5, 5.41) is 4.38. The fourth-order valence-electron chi connectivity index (χ4n) is 1.41. The van der Waals surface area contributed by atoms with Crippen LogP contribution in [0, 0.1) is 6.92 Å². The molecule has 0 saturated heterocycles. The summed E-state index contributed by atoms with van der Waals surface area (Å²) in [4.78, 5) is 16.9. The largest absolute Gasteiger partial charge is 0.302 e. The van der Waals surface area contributed by atoms with Gasteiger partial charge in [0.05, 0.1) is 6.42 Å². The molecule has 0 unspecified atom stereocenters. The van der Waals surface area contributed by atoms with Crippen molar-refractivity contribution in [2.24, 2.45) is 0 Å². The molecule has 2 aromatic rings. The van der Waals surface area contributed by atoms with E-state index in [0.717, 1.165) is 10.4 Å². The molecule has 3 nitrogen and oxygen atoms in total. The van der Waals surface area contributed by atoms with E-state index in [1.807, 2.05) is 6.92 Å². The number of halogens is 2. The number of aryl methyl sites for hydroxylation is 1. The summed E-state index contributed by atoms with van der Waals surface area (Å²) in [6.45, 7) is 1.93. The van der Waals surface area contributed by atoms with Crippen molar-refractivity contribution >= 4 is 45.6 Å². The number of nitrogens with zero attached hydrogens (tertiary/aromatic N) is 1. The van der Waals surface area contributed by atoms with Crippen LogP contribution < -0.4 is 5.32 Å². The number of anilines is 1. The van der Waals surface area contributed by atoms with Gasteiger partial charge in [0, 0.05) is 21.1 Å². The first kappa shape index (κ1) is 13.3. The van der Waals surface area contributed by atoms with Crippen molar-refractivity contribution in [2.45, 2.75) is 13.3 Å². The molecule has 94 valence electrons. The van der Waals surface area contributed by atoms with Crippen molar-refractivity contribution in [3.63, 3.8) is 0 Å². The zero-order valence-corrected chi connectivity index (χ0v) is 11.9. The molecule has 2 rings (SSSR count). The van der Waals surface area contributed by atoms with E-state index < -0.39 is 0 Å². The van der Waals surface area contributed by atoms with Gasteiger partial charge in [-0.25, -0.2) is 4.98 Å². The van der Waals surface area contributed by atoms with Gasteiger partial charge in [0.1, 0.15) is 0 Å². The third kappa shape index (κ3) is 3.45. The van der Waals surface area contributed by atoms with Crippen molar-refractivity contribution in [2.75, 3.05) is 5.32 Å². The van der Waals surface area contributed by atoms with Crippen molar-refractivity contribution in [3.05, 3.63) is 44.9 Å². The second-order valence-corrected chi connectivity index (χ2v) is 5.82. The number of hydrogen-bond donors (Lipinski definition) is 1. The predicted molar refractivity (Wildman–Crippen MR) is 75.6 cm³/mol. The molecule has 1 heterocycles. The van der Waals surface area contributed by atoms with Crippen LogP contribution in [-0.4, -0.2) is 10.9 Å². The minimum absolute atomic E-state index is 0.145. The molecular formula is C12H10Cl2N2OS. The highest BCUT2D eigenvalue weighted by Gasteiger charge is 2.09. The molecule has 0 saturated carbocycles. The van der Waals surface area contributed by atoms with Gasteiger partial charge in [0.2, 0.25) is 5.91 Å². The number of thiazole rings is 1. The molecule has 0 bridgehead atoms. The first-order valence-electron chi connectivity index (χ1n) is 5.21. The second-order valence-electron chi connectivity index (χ2n) is 3.74. The van der Waals surface area contributed by atoms with E-state index in [2.05, 4.69) is 10.3 Å². The van der Waals surface area contributed by atoms with E-state index in [0.29, 0.717) is 15.2 Å². The summed E-state index contributed by atoms with van der Waals surface area (Å²) >= 11 is 13.2. The van der Waals surface area contributed by atoms with Crippen LogP contribution in [0.4, 0.5) is 5.13 Å². The third-order valence-corrected chi connectivity index (χ3v) is 3.65. The topological polar surface area (TPSA) is 42.0 Å². The number of nitrogens with one attached hydrogen (secondary N) is 1. The fraction of sp³-hybridized carbons (Fsp3) is 0.167. The Morgan fingerprint density at radius 1 is 1.44 bits per heavy atom. The van der Waals surface area contributed by atoms with Crippen LogP contribution in [-0.2, 0) is 11.2 Å². The average Bonchev–Trinajstić information content (AvgIpc) is 2.68. The maximum Gasteiger partial charge on any atom is 0.230 e. The van der Waals surface area contributed by atoms with Gasteiger partial charge in [-0.1, -0.05) is 29.3 Å². The van der Waals surface area contributed by atoms with Crippen molar-refractivity contribution in [3.8, 4) is 0 Å². The van der Waals surface area contributed by atoms with E-state index in [4.69, 9.17) is 23.2 Å².